The van der Waals surface area contributed by atoms with Gasteiger partial charge in [-0.25, -0.2) is 0 Å². The van der Waals surface area contributed by atoms with E-state index in [4.69, 9.17) is 25.7 Å². The Labute approximate surface area is 379 Å². The predicted molar refractivity (Wildman–Crippen MR) is 252 cm³/mol. The molecule has 0 atom stereocenters. The molecule has 13 heteroatoms. The number of hydrogen-bond acceptors (Lipinski definition) is 9. The Hall–Kier alpha value is -6.06. The highest BCUT2D eigenvalue weighted by Crippen LogP contribution is 2.41. The van der Waals surface area contributed by atoms with Gasteiger partial charge in [0.25, 0.3) is 0 Å². The van der Waals surface area contributed by atoms with Crippen molar-refractivity contribution in [2.75, 3.05) is 21.3 Å². The molecule has 3 fully saturated rings. The van der Waals surface area contributed by atoms with Crippen LogP contribution in [0, 0.1) is 53.8 Å². The quantitative estimate of drug-likeness (QED) is 0.105. The van der Waals surface area contributed by atoms with Gasteiger partial charge in [0.05, 0.1) is 52.7 Å². The molecule has 0 unspecified atom stereocenters. The Balaban J connectivity index is 0.000000153. The van der Waals surface area contributed by atoms with Gasteiger partial charge < -0.3 is 29.4 Å². The number of halogens is 2. The maximum Gasteiger partial charge on any atom is 0.492 e. The van der Waals surface area contributed by atoms with Crippen molar-refractivity contribution < 1.29 is 34.2 Å². The number of carbonyl (C=O) groups is 1. The second-order valence-electron chi connectivity index (χ2n) is 14.2. The number of benzene rings is 3. The first-order valence-corrected chi connectivity index (χ1v) is 21.3. The van der Waals surface area contributed by atoms with E-state index in [1.807, 2.05) is 42.5 Å². The van der Waals surface area contributed by atoms with Gasteiger partial charge in [-0.3, -0.25) is 19.7 Å². The van der Waals surface area contributed by atoms with Gasteiger partial charge in [0.1, 0.15) is 17.2 Å². The minimum absolute atomic E-state index is 0.0185. The van der Waals surface area contributed by atoms with Gasteiger partial charge in [0, 0.05) is 69.2 Å². The molecule has 3 saturated carbocycles. The van der Waals surface area contributed by atoms with E-state index in [1.165, 1.54) is 38.5 Å². The van der Waals surface area contributed by atoms with E-state index in [0.717, 1.165) is 71.7 Å². The summed E-state index contributed by atoms with van der Waals surface area (Å²) in [5, 5.41) is 29.8. The summed E-state index contributed by atoms with van der Waals surface area (Å²) >= 11 is 6.91. The van der Waals surface area contributed by atoms with Crippen LogP contribution in [0.5, 0.6) is 17.2 Å². The van der Waals surface area contributed by atoms with Gasteiger partial charge in [-0.1, -0.05) is 24.1 Å². The molecule has 3 aliphatic rings. The molecule has 6 aromatic rings. The lowest BCUT2D eigenvalue weighted by molar-refractivity contribution is -0.138. The molecule has 0 amide bonds. The monoisotopic (exact) mass is 955 g/mol. The molecule has 0 aliphatic heterocycles. The number of rotatable bonds is 7. The topological polar surface area (TPSA) is 144 Å². The van der Waals surface area contributed by atoms with Crippen LogP contribution < -0.4 is 19.7 Å². The number of aromatic nitrogens is 3. The molecule has 0 saturated heterocycles. The molecular weight excluding hydrogens is 913 g/mol. The molecule has 10 nitrogen and oxygen atoms in total. The van der Waals surface area contributed by atoms with Crippen LogP contribution in [-0.2, 0) is 4.79 Å². The van der Waals surface area contributed by atoms with Crippen molar-refractivity contribution in [3.8, 4) is 65.1 Å². The fourth-order valence-corrected chi connectivity index (χ4v) is 6.87. The van der Waals surface area contributed by atoms with Crippen molar-refractivity contribution in [2.24, 2.45) is 5.92 Å². The largest absolute Gasteiger partial charge is 0.497 e. The van der Waals surface area contributed by atoms with E-state index in [-0.39, 0.29) is 5.92 Å². The van der Waals surface area contributed by atoms with Crippen LogP contribution in [0.2, 0.25) is 0 Å². The van der Waals surface area contributed by atoms with Gasteiger partial charge in [-0.15, -0.1) is 6.42 Å². The van der Waals surface area contributed by atoms with Crippen LogP contribution in [0.15, 0.2) is 87.9 Å². The number of nitrogens with zero attached hydrogens (tertiary/aromatic N) is 3. The first-order chi connectivity index (χ1) is 30.0. The van der Waals surface area contributed by atoms with Crippen LogP contribution >= 0.6 is 31.9 Å². The molecule has 3 aromatic heterocycles. The number of hydrogen-bond donors (Lipinski definition) is 3. The molecule has 3 aromatic carbocycles. The number of terminal acetylenes is 1. The summed E-state index contributed by atoms with van der Waals surface area (Å²) in [5.74, 6) is 19.8. The van der Waals surface area contributed by atoms with Crippen molar-refractivity contribution in [1.82, 2.24) is 15.0 Å². The zero-order valence-corrected chi connectivity index (χ0v) is 37.9. The minimum atomic E-state index is -1.53. The molecule has 0 spiro atoms. The predicted octanol–water partition coefficient (Wildman–Crippen LogP) is 8.82. The molecule has 3 heterocycles. The number of pyridine rings is 3. The smallest absolute Gasteiger partial charge is 0.492 e. The normalized spacial score (nSPS) is 13.0. The maximum atomic E-state index is 9.76. The zero-order chi connectivity index (χ0) is 44.6. The third-order valence-electron chi connectivity index (χ3n) is 9.57. The molecule has 3 aliphatic carbocycles. The molecule has 314 valence electrons. The summed E-state index contributed by atoms with van der Waals surface area (Å²) in [6, 6.07) is 23.6. The van der Waals surface area contributed by atoms with E-state index in [1.54, 1.807) is 39.5 Å². The number of fused-ring (bicyclic) bond motifs is 3. The van der Waals surface area contributed by atoms with Crippen LogP contribution in [0.3, 0.4) is 0 Å². The Morgan fingerprint density at radius 1 is 0.677 bits per heavy atom. The van der Waals surface area contributed by atoms with Gasteiger partial charge in [-0.05, 0) is 149 Å². The van der Waals surface area contributed by atoms with Gasteiger partial charge in [0.2, 0.25) is 0 Å². The molecule has 0 bridgehead atoms. The van der Waals surface area contributed by atoms with Crippen LogP contribution in [0.1, 0.15) is 68.7 Å². The minimum Gasteiger partial charge on any atom is -0.497 e. The number of methoxy groups -OCH3 is 3. The van der Waals surface area contributed by atoms with Crippen molar-refractivity contribution >= 4 is 83.1 Å². The van der Waals surface area contributed by atoms with Crippen LogP contribution in [0.25, 0.3) is 32.7 Å². The Morgan fingerprint density at radius 2 is 1.16 bits per heavy atom. The van der Waals surface area contributed by atoms with Gasteiger partial charge >= 0.3 is 13.1 Å². The SMILES string of the molecule is C#CC#CC#CC#CC.COc1cc2nc(C3CC3)ccc2cc1B(O)O.COc1cc2nc(C3CC3)ccc2cc1Br.COc1cc2ncccc2cc1Br.O=C(O)C1CC1. The summed E-state index contributed by atoms with van der Waals surface area (Å²) in [6.45, 7) is 1.71. The average Bonchev–Trinajstić information content (AvgIpc) is 4.11. The Morgan fingerprint density at radius 3 is 1.61 bits per heavy atom. The zero-order valence-electron chi connectivity index (χ0n) is 34.7. The fourth-order valence-electron chi connectivity index (χ4n) is 5.83. The second kappa shape index (κ2) is 23.2. The van der Waals surface area contributed by atoms with Gasteiger partial charge in [-0.2, -0.15) is 0 Å². The summed E-state index contributed by atoms with van der Waals surface area (Å²) in [5.41, 5.74) is 5.50. The number of carboxylic acid groups (broad SMARTS) is 1. The van der Waals surface area contributed by atoms with Gasteiger partial charge in [0.15, 0.2) is 0 Å². The van der Waals surface area contributed by atoms with Crippen LogP contribution in [-0.4, -0.2) is 64.5 Å². The third-order valence-corrected chi connectivity index (χ3v) is 10.8. The van der Waals surface area contributed by atoms with E-state index < -0.39 is 13.1 Å². The van der Waals surface area contributed by atoms with Crippen molar-refractivity contribution in [2.45, 2.75) is 57.3 Å². The highest BCUT2D eigenvalue weighted by Gasteiger charge is 2.29. The van der Waals surface area contributed by atoms with Crippen molar-refractivity contribution in [3.63, 3.8) is 0 Å². The number of aliphatic carboxylic acids is 1. The highest BCUT2D eigenvalue weighted by molar-refractivity contribution is 9.11. The fraction of sp³-hybridized carbons (Fsp3) is 0.265. The summed E-state index contributed by atoms with van der Waals surface area (Å²) in [7, 11) is 3.30. The van der Waals surface area contributed by atoms with Crippen molar-refractivity contribution in [3.05, 3.63) is 99.3 Å². The first-order valence-electron chi connectivity index (χ1n) is 19.7. The lowest BCUT2D eigenvalue weighted by atomic mass is 9.79. The van der Waals surface area contributed by atoms with Crippen LogP contribution in [0.4, 0.5) is 0 Å². The number of carboxylic acids is 1. The lowest BCUT2D eigenvalue weighted by Crippen LogP contribution is -2.31. The van der Waals surface area contributed by atoms with Crippen molar-refractivity contribution in [1.29, 1.82) is 0 Å². The maximum absolute atomic E-state index is 9.76. The second-order valence-corrected chi connectivity index (χ2v) is 15.9. The lowest BCUT2D eigenvalue weighted by Gasteiger charge is -2.10. The van der Waals surface area contributed by atoms with E-state index >= 15 is 0 Å². The average molecular weight is 958 g/mol. The summed E-state index contributed by atoms with van der Waals surface area (Å²) < 4.78 is 17.5. The van der Waals surface area contributed by atoms with E-state index in [9.17, 15) is 14.8 Å². The van der Waals surface area contributed by atoms with E-state index in [0.29, 0.717) is 23.0 Å². The molecular formula is C49H44BBr2N3O7. The first kappa shape index (κ1) is 47.0. The molecule has 3 N–H and O–H groups in total. The summed E-state index contributed by atoms with van der Waals surface area (Å²) in [4.78, 5) is 23.3. The molecule has 9 rings (SSSR count). The Kier molecular flexibility index (Phi) is 17.6. The van der Waals surface area contributed by atoms with E-state index in [2.05, 4.69) is 106 Å². The standard InChI is InChI=1S/C13H14BNO3.C13H12BrNO.C10H8BrNO.C9H4.C4H6O2/c1-18-13-7-12-9(6-10(13)14(16)17)4-5-11(15-12)8-2-3-8;1-16-13-7-12-9(6-10(13)14)4-5-11(15-12)8-2-3-8;1-13-10-6-9-7(5-8(10)11)3-2-4-12-9;1-3-5-7-9-8-6-4-2;5-4(6)3-1-2-3/h4-8,16-17H,2-3H2,1H3;4-8H,2-3H2,1H3;2-6H,1H3;1H,2H3;3H,1-2H2,(H,5,6). The molecule has 0 radical (unpaired) electrons. The Bertz CT molecular complexity index is 2780. The number of ether oxygens (including phenoxy) is 3. The summed E-state index contributed by atoms with van der Waals surface area (Å²) in [6.07, 6.45) is 13.4. The highest BCUT2D eigenvalue weighted by atomic mass is 79.9. The third kappa shape index (κ3) is 14.0. The molecule has 62 heavy (non-hydrogen) atoms.